The summed E-state index contributed by atoms with van der Waals surface area (Å²) in [5.74, 6) is 0. The number of benzene rings is 3. The van der Waals surface area contributed by atoms with Gasteiger partial charge in [-0.25, -0.2) is 20.0 Å². The van der Waals surface area contributed by atoms with Crippen molar-refractivity contribution in [2.24, 2.45) is 0 Å². The Labute approximate surface area is 238 Å². The summed E-state index contributed by atoms with van der Waals surface area (Å²) in [5.41, 5.74) is 7.34. The molecule has 1 radical (unpaired) electrons. The molecule has 0 aromatic heterocycles. The van der Waals surface area contributed by atoms with E-state index >= 15 is 0 Å². The summed E-state index contributed by atoms with van der Waals surface area (Å²) in [4.78, 5) is 15.1. The Kier molecular flexibility index (Phi) is 5.69. The quantitative estimate of drug-likeness (QED) is 0.338. The zero-order valence-corrected chi connectivity index (χ0v) is 23.4. The van der Waals surface area contributed by atoms with Crippen LogP contribution in [0.5, 0.6) is 0 Å². The first-order valence-corrected chi connectivity index (χ1v) is 13.5. The van der Waals surface area contributed by atoms with E-state index in [1.54, 1.807) is 0 Å². The molecule has 0 aliphatic carbocycles. The average Bonchev–Trinajstić information content (AvgIpc) is 3.68. The van der Waals surface area contributed by atoms with Crippen LogP contribution in [0, 0.1) is 38.2 Å². The van der Waals surface area contributed by atoms with Crippen LogP contribution >= 0.6 is 0 Å². The summed E-state index contributed by atoms with van der Waals surface area (Å²) < 4.78 is 0. The van der Waals surface area contributed by atoms with Crippen molar-refractivity contribution in [3.63, 3.8) is 0 Å². The van der Waals surface area contributed by atoms with Crippen LogP contribution in [0.2, 0.25) is 0 Å². The number of hydrogen-bond donors (Lipinski definition) is 0. The molecule has 7 heteroatoms. The van der Waals surface area contributed by atoms with Crippen molar-refractivity contribution >= 4 is 0 Å². The van der Waals surface area contributed by atoms with E-state index in [1.165, 1.54) is 33.4 Å². The van der Waals surface area contributed by atoms with Gasteiger partial charge in [-0.3, -0.25) is 0 Å². The minimum atomic E-state index is 0. The van der Waals surface area contributed by atoms with Crippen LogP contribution in [0.3, 0.4) is 0 Å². The smallest absolute Gasteiger partial charge is 0.0128 e. The van der Waals surface area contributed by atoms with Crippen LogP contribution in [0.1, 0.15) is 57.8 Å². The molecule has 10 atom stereocenters. The molecule has 3 fully saturated rings. The molecular weight excluding hydrogens is 649 g/mol. The second-order valence-corrected chi connectivity index (χ2v) is 11.0. The van der Waals surface area contributed by atoms with Gasteiger partial charge in [0.25, 0.3) is 0 Å². The molecule has 3 aromatic rings. The number of rotatable bonds is 0. The standard InChI is InChI=1S/C31H28N6.Ir/c1-4-22-16-23(5-1)29-25-7-3-9-27(18-25)31-35-13-10-32(19-35)28(22)24-6-2-8-26(17-24)30(34-12-11-33(29)20-34)36-14-15-37(31)21-36;/h1-9,19-21,28-31H,10-15H2;/q-6;. The van der Waals surface area contributed by atoms with Gasteiger partial charge < -0.3 is 29.4 Å². The molecule has 7 aliphatic heterocycles. The van der Waals surface area contributed by atoms with Crippen LogP contribution in [0.25, 0.3) is 0 Å². The second kappa shape index (κ2) is 9.05. The fraction of sp³-hybridized carbons (Fsp3) is 0.323. The number of nitrogens with zero attached hydrogens (tertiary/aromatic N) is 6. The molecule has 0 amide bonds. The van der Waals surface area contributed by atoms with E-state index < -0.39 is 0 Å². The zero-order chi connectivity index (χ0) is 24.1. The summed E-state index contributed by atoms with van der Waals surface area (Å²) in [6.45, 7) is 13.0. The third-order valence-corrected chi connectivity index (χ3v) is 8.91. The van der Waals surface area contributed by atoms with Gasteiger partial charge in [0.05, 0.1) is 0 Å². The van der Waals surface area contributed by atoms with Crippen LogP contribution in [0.15, 0.2) is 54.6 Å². The Balaban J connectivity index is 0.00000225. The normalized spacial score (nSPS) is 39.5. The molecule has 3 aromatic carbocycles. The van der Waals surface area contributed by atoms with Gasteiger partial charge >= 0.3 is 0 Å². The van der Waals surface area contributed by atoms with Crippen molar-refractivity contribution in [3.05, 3.63) is 126 Å². The van der Waals surface area contributed by atoms with Gasteiger partial charge in [-0.05, 0) is 51.4 Å². The van der Waals surface area contributed by atoms with Gasteiger partial charge in [0.1, 0.15) is 0 Å². The predicted molar refractivity (Wildman–Crippen MR) is 138 cm³/mol. The Morgan fingerprint density at radius 1 is 0.447 bits per heavy atom. The SMILES string of the molecule is [Ir].[c-]1c2cccc1C1c3[c-]c(ccc3)C3N4[CH-]N(CC4)C2c2[c-]c(ccc2)C(N2[CH-]N1CC2)N1[CH-]N3CC1. The molecule has 10 unspecified atom stereocenters. The van der Waals surface area contributed by atoms with E-state index in [0.29, 0.717) is 0 Å². The first-order valence-electron chi connectivity index (χ1n) is 13.5. The van der Waals surface area contributed by atoms with Gasteiger partial charge in [0, 0.05) is 32.4 Å². The summed E-state index contributed by atoms with van der Waals surface area (Å²) in [7, 11) is 0. The van der Waals surface area contributed by atoms with Gasteiger partial charge in [0.2, 0.25) is 0 Å². The van der Waals surface area contributed by atoms with Crippen LogP contribution in [-0.2, 0) is 20.1 Å². The molecule has 3 saturated heterocycles. The second-order valence-electron chi connectivity index (χ2n) is 11.0. The van der Waals surface area contributed by atoms with Gasteiger partial charge in [-0.15, -0.1) is 33.4 Å². The molecule has 197 valence electrons. The average molecular weight is 677 g/mol. The van der Waals surface area contributed by atoms with E-state index in [1.807, 2.05) is 0 Å². The first-order chi connectivity index (χ1) is 18.3. The topological polar surface area (TPSA) is 19.4 Å². The maximum atomic E-state index is 3.93. The Hall–Kier alpha value is -1.93. The molecule has 6 nitrogen and oxygen atoms in total. The fourth-order valence-corrected chi connectivity index (χ4v) is 7.34. The Morgan fingerprint density at radius 3 is 1.13 bits per heavy atom. The third kappa shape index (κ3) is 3.51. The van der Waals surface area contributed by atoms with E-state index in [0.717, 1.165) is 39.3 Å². The predicted octanol–water partition coefficient (Wildman–Crippen LogP) is 3.51. The van der Waals surface area contributed by atoms with Crippen LogP contribution in [0.4, 0.5) is 0 Å². The van der Waals surface area contributed by atoms with E-state index in [9.17, 15) is 0 Å². The molecule has 16 bridgehead atoms. The molecule has 7 aliphatic rings. The van der Waals surface area contributed by atoms with Crippen molar-refractivity contribution in [1.82, 2.24) is 29.4 Å². The fourth-order valence-electron chi connectivity index (χ4n) is 7.34. The monoisotopic (exact) mass is 677 g/mol. The first kappa shape index (κ1) is 23.9. The van der Waals surface area contributed by atoms with Crippen molar-refractivity contribution in [2.45, 2.75) is 24.4 Å². The molecule has 38 heavy (non-hydrogen) atoms. The molecular formula is C31H28IrN6-6. The molecule has 7 heterocycles. The Bertz CT molecular complexity index is 1280. The van der Waals surface area contributed by atoms with Crippen molar-refractivity contribution in [3.8, 4) is 0 Å². The minimum absolute atomic E-state index is 0. The van der Waals surface area contributed by atoms with Gasteiger partial charge in [-0.2, -0.15) is 72.8 Å². The minimum Gasteiger partial charge on any atom is -0.435 e. The summed E-state index contributed by atoms with van der Waals surface area (Å²) in [6.07, 6.45) is 0.234. The van der Waals surface area contributed by atoms with E-state index in [2.05, 4.69) is 122 Å². The number of hydrogen-bond acceptors (Lipinski definition) is 6. The summed E-state index contributed by atoms with van der Waals surface area (Å²) in [5, 5.41) is 0. The summed E-state index contributed by atoms with van der Waals surface area (Å²) in [6, 6.07) is 32.2. The van der Waals surface area contributed by atoms with Crippen molar-refractivity contribution < 1.29 is 20.1 Å². The van der Waals surface area contributed by atoms with Gasteiger partial charge in [0.15, 0.2) is 0 Å². The molecule has 0 spiro atoms. The van der Waals surface area contributed by atoms with Crippen LogP contribution in [-0.4, -0.2) is 68.7 Å². The maximum Gasteiger partial charge on any atom is 0.0128 e. The molecule has 0 N–H and O–H groups in total. The van der Waals surface area contributed by atoms with Crippen molar-refractivity contribution in [1.29, 1.82) is 0 Å². The largest absolute Gasteiger partial charge is 0.435 e. The van der Waals surface area contributed by atoms with Crippen molar-refractivity contribution in [2.75, 3.05) is 39.3 Å². The van der Waals surface area contributed by atoms with E-state index in [-0.39, 0.29) is 44.5 Å². The molecule has 10 rings (SSSR count). The van der Waals surface area contributed by atoms with E-state index in [4.69, 9.17) is 0 Å². The molecule has 0 saturated carbocycles. The summed E-state index contributed by atoms with van der Waals surface area (Å²) >= 11 is 0. The maximum absolute atomic E-state index is 3.93. The van der Waals surface area contributed by atoms with Crippen LogP contribution < -0.4 is 0 Å². The van der Waals surface area contributed by atoms with Gasteiger partial charge in [-0.1, -0.05) is 0 Å². The third-order valence-electron chi connectivity index (χ3n) is 8.91. The zero-order valence-electron chi connectivity index (χ0n) is 21.0. The Morgan fingerprint density at radius 2 is 0.737 bits per heavy atom.